The molecular weight excluding hydrogens is 188 g/mol. The maximum absolute atomic E-state index is 10.1. The Morgan fingerprint density at radius 1 is 1.46 bits per heavy atom. The van der Waals surface area contributed by atoms with E-state index in [0.717, 1.165) is 19.3 Å². The van der Waals surface area contributed by atoms with Gasteiger partial charge in [0, 0.05) is 5.92 Å². The lowest BCUT2D eigenvalue weighted by molar-refractivity contribution is -0.134. The van der Waals surface area contributed by atoms with Crippen LogP contribution in [0, 0.1) is 5.92 Å². The fourth-order valence-corrected chi connectivity index (χ4v) is 3.33. The number of hydrogen-bond donors (Lipinski definition) is 1. The van der Waals surface area contributed by atoms with Gasteiger partial charge in [0.15, 0.2) is 0 Å². The third-order valence-corrected chi connectivity index (χ3v) is 4.30. The Labute approximate surface area is 82.5 Å². The first-order chi connectivity index (χ1) is 6.22. The molecule has 5 unspecified atom stereocenters. The van der Waals surface area contributed by atoms with Crippen molar-refractivity contribution >= 4 is 11.6 Å². The SMILES string of the molecule is OC1C2CCCC1(Cl)C1C=CC2O1. The van der Waals surface area contributed by atoms with Gasteiger partial charge in [-0.15, -0.1) is 11.6 Å². The second-order valence-corrected chi connectivity index (χ2v) is 5.04. The summed E-state index contributed by atoms with van der Waals surface area (Å²) in [6, 6.07) is 0. The summed E-state index contributed by atoms with van der Waals surface area (Å²) in [5.41, 5.74) is 0. The number of aliphatic hydroxyl groups excluding tert-OH is 1. The Kier molecular flexibility index (Phi) is 1.59. The third kappa shape index (κ3) is 0.915. The van der Waals surface area contributed by atoms with Crippen LogP contribution in [0.3, 0.4) is 0 Å². The Balaban J connectivity index is 2.04. The molecular formula is C10H13ClO2. The van der Waals surface area contributed by atoms with Gasteiger partial charge in [0.2, 0.25) is 0 Å². The smallest absolute Gasteiger partial charge is 0.100 e. The van der Waals surface area contributed by atoms with E-state index in [1.165, 1.54) is 0 Å². The Morgan fingerprint density at radius 2 is 2.31 bits per heavy atom. The van der Waals surface area contributed by atoms with E-state index >= 15 is 0 Å². The van der Waals surface area contributed by atoms with Gasteiger partial charge in [-0.25, -0.2) is 0 Å². The zero-order valence-electron chi connectivity index (χ0n) is 7.32. The summed E-state index contributed by atoms with van der Waals surface area (Å²) in [5.74, 6) is 0.223. The van der Waals surface area contributed by atoms with E-state index < -0.39 is 4.87 Å². The molecule has 72 valence electrons. The summed E-state index contributed by atoms with van der Waals surface area (Å²) < 4.78 is 5.73. The Morgan fingerprint density at radius 3 is 3.15 bits per heavy atom. The molecule has 1 aliphatic carbocycles. The number of rotatable bonds is 0. The molecule has 2 heterocycles. The van der Waals surface area contributed by atoms with E-state index in [-0.39, 0.29) is 24.2 Å². The molecule has 0 amide bonds. The standard InChI is InChI=1S/C10H13ClO2/c11-10-5-1-2-6(9(10)12)7-3-4-8(10)13-7/h3-4,6-9,12H,1-2,5H2. The number of hydrogen-bond acceptors (Lipinski definition) is 2. The minimum atomic E-state index is -0.535. The molecule has 5 atom stereocenters. The molecule has 0 radical (unpaired) electrons. The van der Waals surface area contributed by atoms with Crippen LogP contribution in [-0.4, -0.2) is 28.3 Å². The number of halogens is 1. The minimum absolute atomic E-state index is 0.0642. The highest BCUT2D eigenvalue weighted by molar-refractivity contribution is 6.25. The molecule has 1 N–H and O–H groups in total. The molecule has 0 aromatic rings. The van der Waals surface area contributed by atoms with Crippen molar-refractivity contribution in [3.8, 4) is 0 Å². The lowest BCUT2D eigenvalue weighted by Gasteiger charge is -2.49. The van der Waals surface area contributed by atoms with Crippen molar-refractivity contribution in [1.29, 1.82) is 0 Å². The van der Waals surface area contributed by atoms with Crippen molar-refractivity contribution in [2.45, 2.75) is 42.4 Å². The van der Waals surface area contributed by atoms with Crippen LogP contribution in [0.15, 0.2) is 12.2 Å². The van der Waals surface area contributed by atoms with E-state index in [4.69, 9.17) is 16.3 Å². The van der Waals surface area contributed by atoms with Gasteiger partial charge >= 0.3 is 0 Å². The molecule has 2 fully saturated rings. The second-order valence-electron chi connectivity index (χ2n) is 4.33. The average Bonchev–Trinajstić information content (AvgIpc) is 2.55. The molecule has 2 nitrogen and oxygen atoms in total. The van der Waals surface area contributed by atoms with Gasteiger partial charge in [-0.3, -0.25) is 0 Å². The zero-order chi connectivity index (χ0) is 9.05. The summed E-state index contributed by atoms with van der Waals surface area (Å²) >= 11 is 6.42. The highest BCUT2D eigenvalue weighted by Gasteiger charge is 2.57. The summed E-state index contributed by atoms with van der Waals surface area (Å²) in [7, 11) is 0. The normalized spacial score (nSPS) is 58.3. The predicted molar refractivity (Wildman–Crippen MR) is 49.7 cm³/mol. The predicted octanol–water partition coefficient (Wildman–Crippen LogP) is 1.46. The molecule has 1 saturated carbocycles. The van der Waals surface area contributed by atoms with E-state index in [2.05, 4.69) is 6.08 Å². The molecule has 2 aliphatic heterocycles. The van der Waals surface area contributed by atoms with Gasteiger partial charge in [-0.1, -0.05) is 18.6 Å². The number of ether oxygens (including phenoxy) is 1. The van der Waals surface area contributed by atoms with Crippen LogP contribution < -0.4 is 0 Å². The maximum Gasteiger partial charge on any atom is 0.100 e. The maximum atomic E-state index is 10.1. The van der Waals surface area contributed by atoms with Crippen LogP contribution in [-0.2, 0) is 4.74 Å². The van der Waals surface area contributed by atoms with Crippen LogP contribution in [0.25, 0.3) is 0 Å². The summed E-state index contributed by atoms with van der Waals surface area (Å²) in [6.07, 6.45) is 6.77. The van der Waals surface area contributed by atoms with Gasteiger partial charge in [-0.05, 0) is 12.8 Å². The molecule has 13 heavy (non-hydrogen) atoms. The highest BCUT2D eigenvalue weighted by atomic mass is 35.5. The van der Waals surface area contributed by atoms with Crippen molar-refractivity contribution in [2.24, 2.45) is 5.92 Å². The fraction of sp³-hybridized carbons (Fsp3) is 0.800. The van der Waals surface area contributed by atoms with E-state index in [1.54, 1.807) is 0 Å². The molecule has 3 heteroatoms. The molecule has 3 rings (SSSR count). The molecule has 4 bridgehead atoms. The van der Waals surface area contributed by atoms with E-state index in [1.807, 2.05) is 6.08 Å². The monoisotopic (exact) mass is 200 g/mol. The quantitative estimate of drug-likeness (QED) is 0.474. The van der Waals surface area contributed by atoms with Crippen molar-refractivity contribution in [3.63, 3.8) is 0 Å². The molecule has 0 aromatic carbocycles. The van der Waals surface area contributed by atoms with Crippen LogP contribution in [0.1, 0.15) is 19.3 Å². The lowest BCUT2D eigenvalue weighted by atomic mass is 9.73. The number of fused-ring (bicyclic) bond motifs is 6. The third-order valence-electron chi connectivity index (χ3n) is 3.67. The van der Waals surface area contributed by atoms with Crippen molar-refractivity contribution in [1.82, 2.24) is 0 Å². The summed E-state index contributed by atoms with van der Waals surface area (Å²) in [6.45, 7) is 0. The average molecular weight is 201 g/mol. The highest BCUT2D eigenvalue weighted by Crippen LogP contribution is 2.50. The lowest BCUT2D eigenvalue weighted by Crippen LogP contribution is -2.59. The first-order valence-corrected chi connectivity index (χ1v) is 5.30. The topological polar surface area (TPSA) is 29.5 Å². The van der Waals surface area contributed by atoms with Crippen molar-refractivity contribution < 1.29 is 9.84 Å². The Hall–Kier alpha value is -0.0500. The van der Waals surface area contributed by atoms with Gasteiger partial charge in [-0.2, -0.15) is 0 Å². The Bertz CT molecular complexity index is 266. The molecule has 1 saturated heterocycles. The van der Waals surface area contributed by atoms with Crippen LogP contribution in [0.5, 0.6) is 0 Å². The molecule has 0 spiro atoms. The first kappa shape index (κ1) is 8.27. The fourth-order valence-electron chi connectivity index (χ4n) is 2.91. The second kappa shape index (κ2) is 2.50. The van der Waals surface area contributed by atoms with Gasteiger partial charge < -0.3 is 9.84 Å². The van der Waals surface area contributed by atoms with Gasteiger partial charge in [0.25, 0.3) is 0 Å². The van der Waals surface area contributed by atoms with Crippen LogP contribution in [0.2, 0.25) is 0 Å². The van der Waals surface area contributed by atoms with E-state index in [0.29, 0.717) is 0 Å². The summed E-state index contributed by atoms with van der Waals surface area (Å²) in [4.78, 5) is -0.535. The van der Waals surface area contributed by atoms with Crippen LogP contribution >= 0.6 is 11.6 Å². The number of aliphatic hydroxyl groups is 1. The largest absolute Gasteiger partial charge is 0.391 e. The first-order valence-electron chi connectivity index (χ1n) is 4.92. The molecule has 3 aliphatic rings. The van der Waals surface area contributed by atoms with E-state index in [9.17, 15) is 5.11 Å². The van der Waals surface area contributed by atoms with Crippen molar-refractivity contribution in [2.75, 3.05) is 0 Å². The van der Waals surface area contributed by atoms with Gasteiger partial charge in [0.05, 0.1) is 18.3 Å². The van der Waals surface area contributed by atoms with Crippen LogP contribution in [0.4, 0.5) is 0 Å². The molecule has 0 aromatic heterocycles. The summed E-state index contributed by atoms with van der Waals surface area (Å²) in [5, 5.41) is 10.1. The van der Waals surface area contributed by atoms with Gasteiger partial charge in [0.1, 0.15) is 4.87 Å². The number of alkyl halides is 1. The minimum Gasteiger partial charge on any atom is -0.391 e. The zero-order valence-corrected chi connectivity index (χ0v) is 8.07. The van der Waals surface area contributed by atoms with Crippen molar-refractivity contribution in [3.05, 3.63) is 12.2 Å².